The predicted octanol–water partition coefficient (Wildman–Crippen LogP) is 5.25. The van der Waals surface area contributed by atoms with Crippen LogP contribution in [0.1, 0.15) is 143 Å². The molecule has 0 aliphatic carbocycles. The Hall–Kier alpha value is -2.57. The topological polar surface area (TPSA) is 152 Å². The smallest absolute Gasteiger partial charge is 0.243 e. The van der Waals surface area contributed by atoms with Crippen LogP contribution in [0.3, 0.4) is 0 Å². The van der Waals surface area contributed by atoms with Crippen LogP contribution in [-0.4, -0.2) is 106 Å². The Balaban J connectivity index is 2.18. The van der Waals surface area contributed by atoms with Gasteiger partial charge in [0.15, 0.2) is 0 Å². The molecule has 1 heterocycles. The molecule has 0 saturated carbocycles. The second-order valence-electron chi connectivity index (χ2n) is 14.1. The van der Waals surface area contributed by atoms with E-state index in [0.717, 1.165) is 32.0 Å². The fourth-order valence-electron chi connectivity index (χ4n) is 6.12. The molecule has 0 bridgehead atoms. The fraction of sp³-hybridized carbons (Fsp3) is 0.872. The first-order chi connectivity index (χ1) is 24.8. The molecule has 2 unspecified atom stereocenters. The summed E-state index contributed by atoms with van der Waals surface area (Å²) in [7, 11) is 0. The van der Waals surface area contributed by atoms with Crippen molar-refractivity contribution >= 4 is 29.9 Å². The van der Waals surface area contributed by atoms with Crippen LogP contribution in [0.2, 0.25) is 0 Å². The molecule has 1 rings (SSSR count). The van der Waals surface area contributed by atoms with Crippen LogP contribution in [0.5, 0.6) is 0 Å². The molecular weight excluding hydrogens is 652 g/mol. The van der Waals surface area contributed by atoms with Crippen LogP contribution in [-0.2, 0) is 38.2 Å². The summed E-state index contributed by atoms with van der Waals surface area (Å²) >= 11 is 0. The highest BCUT2D eigenvalue weighted by Crippen LogP contribution is 2.21. The summed E-state index contributed by atoms with van der Waals surface area (Å²) in [5.74, 6) is -0.306. The van der Waals surface area contributed by atoms with Crippen LogP contribution >= 0.6 is 0 Å². The molecule has 2 atom stereocenters. The number of unbranched alkanes of at least 4 members (excludes halogenated alkanes) is 10. The Labute approximate surface area is 308 Å². The summed E-state index contributed by atoms with van der Waals surface area (Å²) in [6.45, 7) is 10.6. The first kappa shape index (κ1) is 46.5. The van der Waals surface area contributed by atoms with Crippen molar-refractivity contribution in [2.24, 2.45) is 5.92 Å². The molecule has 0 aromatic heterocycles. The van der Waals surface area contributed by atoms with Gasteiger partial charge in [-0.05, 0) is 44.4 Å². The molecule has 1 fully saturated rings. The number of carbonyl (C=O) groups is 5. The molecule has 1 aliphatic heterocycles. The number of ether oxygens (including phenoxy) is 3. The number of amides is 4. The van der Waals surface area contributed by atoms with Gasteiger partial charge in [-0.25, -0.2) is 0 Å². The minimum atomic E-state index is -0.648. The maximum atomic E-state index is 13.3. The number of hydrogen-bond donors (Lipinski definition) is 3. The molecule has 12 heteroatoms. The van der Waals surface area contributed by atoms with Crippen LogP contribution in [0.15, 0.2) is 0 Å². The van der Waals surface area contributed by atoms with E-state index in [1.165, 1.54) is 51.4 Å². The molecule has 0 aromatic carbocycles. The lowest BCUT2D eigenvalue weighted by Crippen LogP contribution is -2.53. The van der Waals surface area contributed by atoms with Crippen molar-refractivity contribution in [1.82, 2.24) is 20.9 Å². The van der Waals surface area contributed by atoms with E-state index in [-0.39, 0.29) is 42.4 Å². The van der Waals surface area contributed by atoms with E-state index >= 15 is 0 Å². The minimum absolute atomic E-state index is 0.0511. The number of nitrogens with one attached hydrogen (secondary N) is 3. The van der Waals surface area contributed by atoms with Gasteiger partial charge >= 0.3 is 0 Å². The summed E-state index contributed by atoms with van der Waals surface area (Å²) in [6, 6.07) is -1.15. The van der Waals surface area contributed by atoms with E-state index in [2.05, 4.69) is 22.9 Å². The van der Waals surface area contributed by atoms with Gasteiger partial charge in [0, 0.05) is 52.1 Å². The lowest BCUT2D eigenvalue weighted by atomic mass is 10.0. The number of likely N-dealkylation sites (tertiary alicyclic amines) is 1. The van der Waals surface area contributed by atoms with Crippen LogP contribution in [0.4, 0.5) is 0 Å². The Bertz CT molecular complexity index is 935. The van der Waals surface area contributed by atoms with E-state index < -0.39 is 12.1 Å². The van der Waals surface area contributed by atoms with Crippen molar-refractivity contribution in [3.63, 3.8) is 0 Å². The Morgan fingerprint density at radius 3 is 1.84 bits per heavy atom. The van der Waals surface area contributed by atoms with Crippen molar-refractivity contribution in [3.8, 4) is 0 Å². The van der Waals surface area contributed by atoms with Crippen molar-refractivity contribution in [1.29, 1.82) is 0 Å². The lowest BCUT2D eigenvalue weighted by Gasteiger charge is -2.27. The molecule has 51 heavy (non-hydrogen) atoms. The van der Waals surface area contributed by atoms with Crippen LogP contribution < -0.4 is 16.0 Å². The maximum absolute atomic E-state index is 13.3. The summed E-state index contributed by atoms with van der Waals surface area (Å²) in [6.07, 6.45) is 18.5. The number of rotatable bonds is 34. The zero-order valence-electron chi connectivity index (χ0n) is 32.3. The van der Waals surface area contributed by atoms with E-state index in [0.29, 0.717) is 91.4 Å². The highest BCUT2D eigenvalue weighted by atomic mass is 16.5. The first-order valence-corrected chi connectivity index (χ1v) is 20.1. The molecule has 0 spiro atoms. The monoisotopic (exact) mass is 725 g/mol. The van der Waals surface area contributed by atoms with Crippen LogP contribution in [0, 0.1) is 5.92 Å². The average molecular weight is 725 g/mol. The zero-order valence-corrected chi connectivity index (χ0v) is 32.3. The highest BCUT2D eigenvalue weighted by molar-refractivity contribution is 5.92. The lowest BCUT2D eigenvalue weighted by molar-refractivity contribution is -0.139. The van der Waals surface area contributed by atoms with E-state index in [9.17, 15) is 24.0 Å². The number of hydrogen-bond acceptors (Lipinski definition) is 8. The molecule has 3 N–H and O–H groups in total. The van der Waals surface area contributed by atoms with Crippen molar-refractivity contribution in [2.45, 2.75) is 155 Å². The number of nitrogens with zero attached hydrogens (tertiary/aromatic N) is 1. The molecule has 4 amide bonds. The van der Waals surface area contributed by atoms with E-state index in [4.69, 9.17) is 14.2 Å². The molecular formula is C39H72N4O8. The van der Waals surface area contributed by atoms with Gasteiger partial charge < -0.3 is 39.9 Å². The first-order valence-electron chi connectivity index (χ1n) is 20.1. The third-order valence-corrected chi connectivity index (χ3v) is 9.00. The maximum Gasteiger partial charge on any atom is 0.243 e. The van der Waals surface area contributed by atoms with Crippen LogP contribution in [0.25, 0.3) is 0 Å². The second-order valence-corrected chi connectivity index (χ2v) is 14.1. The van der Waals surface area contributed by atoms with Crippen molar-refractivity contribution in [2.75, 3.05) is 59.3 Å². The summed E-state index contributed by atoms with van der Waals surface area (Å²) in [5, 5.41) is 8.64. The molecule has 12 nitrogen and oxygen atoms in total. The van der Waals surface area contributed by atoms with Gasteiger partial charge in [-0.3, -0.25) is 19.2 Å². The molecule has 1 aliphatic rings. The predicted molar refractivity (Wildman–Crippen MR) is 200 cm³/mol. The SMILES string of the molecule is CCCCCCCCCCCCCC(=O)N1CCCC1C(=O)NC(CC(C)C)C(=O)NCCCOCCOCCOCCCNC(=O)CCC=O. The quantitative estimate of drug-likeness (QED) is 0.0602. The summed E-state index contributed by atoms with van der Waals surface area (Å²) < 4.78 is 16.6. The molecule has 0 aromatic rings. The largest absolute Gasteiger partial charge is 0.379 e. The van der Waals surface area contributed by atoms with Gasteiger partial charge in [-0.1, -0.05) is 85.0 Å². The second kappa shape index (κ2) is 32.1. The van der Waals surface area contributed by atoms with E-state index in [1.54, 1.807) is 4.90 Å². The molecule has 0 radical (unpaired) electrons. The Morgan fingerprint density at radius 1 is 0.725 bits per heavy atom. The van der Waals surface area contributed by atoms with Gasteiger partial charge in [0.1, 0.15) is 18.4 Å². The highest BCUT2D eigenvalue weighted by Gasteiger charge is 2.35. The molecule has 296 valence electrons. The standard InChI is InChI=1S/C39H72N4O8/c1-4-5-6-7-8-9-10-11-12-13-14-21-37(46)43-24-15-19-35(43)39(48)42-34(32-33(2)3)38(47)41-23-18-27-50-29-31-51-30-28-49-26-17-22-40-36(45)20-16-25-44/h25,33-35H,4-24,26-32H2,1-3H3,(H,40,45)(H,41,47)(H,42,48). The normalized spacial score (nSPS) is 14.8. The zero-order chi connectivity index (χ0) is 37.4. The van der Waals surface area contributed by atoms with Crippen molar-refractivity contribution in [3.05, 3.63) is 0 Å². The van der Waals surface area contributed by atoms with Gasteiger partial charge in [0.2, 0.25) is 23.6 Å². The average Bonchev–Trinajstić information content (AvgIpc) is 3.61. The Morgan fingerprint density at radius 2 is 1.27 bits per heavy atom. The van der Waals surface area contributed by atoms with Gasteiger partial charge in [-0.2, -0.15) is 0 Å². The molecule has 1 saturated heterocycles. The number of aldehydes is 1. The number of carbonyl (C=O) groups excluding carboxylic acids is 5. The minimum Gasteiger partial charge on any atom is -0.379 e. The summed E-state index contributed by atoms with van der Waals surface area (Å²) in [4.78, 5) is 62.8. The third kappa shape index (κ3) is 25.1. The third-order valence-electron chi connectivity index (χ3n) is 9.00. The van der Waals surface area contributed by atoms with Gasteiger partial charge in [0.05, 0.1) is 26.4 Å². The fourth-order valence-corrected chi connectivity index (χ4v) is 6.12. The van der Waals surface area contributed by atoms with Gasteiger partial charge in [0.25, 0.3) is 0 Å². The van der Waals surface area contributed by atoms with E-state index in [1.807, 2.05) is 13.8 Å². The Kier molecular flexibility index (Phi) is 29.2. The van der Waals surface area contributed by atoms with Gasteiger partial charge in [-0.15, -0.1) is 0 Å². The summed E-state index contributed by atoms with van der Waals surface area (Å²) in [5.41, 5.74) is 0. The van der Waals surface area contributed by atoms with Crippen molar-refractivity contribution < 1.29 is 38.2 Å².